The standard InChI is InChI=1S/C30H25N3/c1-3-19-32-27-17-7-5-11-21(27)23-13-9-15-25(29(23)32)31-26-16-10-14-24-22-12-6-8-18-28(22)33(20-4-2)30(24)26/h3-18,31H,1-2,19-20H2. The highest BCUT2D eigenvalue weighted by molar-refractivity contribution is 6.15. The van der Waals surface area contributed by atoms with Crippen LogP contribution in [0.15, 0.2) is 110 Å². The van der Waals surface area contributed by atoms with Crippen LogP contribution in [0.2, 0.25) is 0 Å². The first-order valence-electron chi connectivity index (χ1n) is 11.3. The van der Waals surface area contributed by atoms with Crippen molar-refractivity contribution in [1.29, 1.82) is 0 Å². The van der Waals surface area contributed by atoms with Gasteiger partial charge in [-0.25, -0.2) is 0 Å². The van der Waals surface area contributed by atoms with Crippen LogP contribution >= 0.6 is 0 Å². The van der Waals surface area contributed by atoms with E-state index < -0.39 is 0 Å². The van der Waals surface area contributed by atoms with Gasteiger partial charge in [-0.2, -0.15) is 0 Å². The third kappa shape index (κ3) is 2.90. The molecular formula is C30H25N3. The van der Waals surface area contributed by atoms with Gasteiger partial charge in [-0.1, -0.05) is 72.8 Å². The second kappa shape index (κ2) is 7.72. The number of nitrogens with zero attached hydrogens (tertiary/aromatic N) is 2. The van der Waals surface area contributed by atoms with Crippen molar-refractivity contribution in [3.8, 4) is 0 Å². The van der Waals surface area contributed by atoms with E-state index in [2.05, 4.69) is 113 Å². The molecule has 0 atom stereocenters. The Morgan fingerprint density at radius 1 is 0.545 bits per heavy atom. The normalized spacial score (nSPS) is 11.5. The van der Waals surface area contributed by atoms with Crippen molar-refractivity contribution in [3.63, 3.8) is 0 Å². The largest absolute Gasteiger partial charge is 0.352 e. The summed E-state index contributed by atoms with van der Waals surface area (Å²) in [6, 6.07) is 30.2. The summed E-state index contributed by atoms with van der Waals surface area (Å²) in [5.41, 5.74) is 7.02. The fourth-order valence-corrected chi connectivity index (χ4v) is 5.20. The molecule has 2 heterocycles. The van der Waals surface area contributed by atoms with Crippen LogP contribution in [0.1, 0.15) is 0 Å². The molecule has 6 aromatic rings. The number of fused-ring (bicyclic) bond motifs is 6. The second-order valence-corrected chi connectivity index (χ2v) is 8.36. The number of benzene rings is 4. The fraction of sp³-hybridized carbons (Fsp3) is 0.0667. The van der Waals surface area contributed by atoms with Gasteiger partial charge in [0.05, 0.1) is 22.4 Å². The molecule has 0 radical (unpaired) electrons. The van der Waals surface area contributed by atoms with Crippen molar-refractivity contribution in [2.24, 2.45) is 0 Å². The number of para-hydroxylation sites is 4. The molecule has 33 heavy (non-hydrogen) atoms. The van der Waals surface area contributed by atoms with Crippen LogP contribution in [-0.4, -0.2) is 9.13 Å². The van der Waals surface area contributed by atoms with Crippen LogP contribution in [0.25, 0.3) is 43.6 Å². The molecule has 1 N–H and O–H groups in total. The Kier molecular flexibility index (Phi) is 4.55. The van der Waals surface area contributed by atoms with Gasteiger partial charge in [-0.3, -0.25) is 0 Å². The van der Waals surface area contributed by atoms with E-state index in [1.54, 1.807) is 0 Å². The fourth-order valence-electron chi connectivity index (χ4n) is 5.20. The van der Waals surface area contributed by atoms with Gasteiger partial charge in [0.15, 0.2) is 0 Å². The summed E-state index contributed by atoms with van der Waals surface area (Å²) in [6.07, 6.45) is 3.93. The maximum Gasteiger partial charge on any atom is 0.0733 e. The van der Waals surface area contributed by atoms with E-state index >= 15 is 0 Å². The predicted octanol–water partition coefficient (Wildman–Crippen LogP) is 8.02. The maximum absolute atomic E-state index is 4.01. The molecular weight excluding hydrogens is 402 g/mol. The summed E-state index contributed by atoms with van der Waals surface area (Å²) in [6.45, 7) is 9.52. The molecule has 160 valence electrons. The molecule has 0 saturated carbocycles. The third-order valence-corrected chi connectivity index (χ3v) is 6.47. The Morgan fingerprint density at radius 3 is 1.42 bits per heavy atom. The number of nitrogens with one attached hydrogen (secondary N) is 1. The van der Waals surface area contributed by atoms with Gasteiger partial charge in [0.25, 0.3) is 0 Å². The number of hydrogen-bond donors (Lipinski definition) is 1. The lowest BCUT2D eigenvalue weighted by molar-refractivity contribution is 0.900. The minimum absolute atomic E-state index is 0.754. The van der Waals surface area contributed by atoms with Crippen LogP contribution in [-0.2, 0) is 13.1 Å². The predicted molar refractivity (Wildman–Crippen MR) is 143 cm³/mol. The molecule has 0 fully saturated rings. The van der Waals surface area contributed by atoms with Crippen LogP contribution in [0, 0.1) is 0 Å². The summed E-state index contributed by atoms with van der Waals surface area (Å²) in [5.74, 6) is 0. The van der Waals surface area contributed by atoms with Crippen molar-refractivity contribution in [3.05, 3.63) is 110 Å². The molecule has 2 aromatic heterocycles. The van der Waals surface area contributed by atoms with E-state index in [4.69, 9.17) is 0 Å². The quantitative estimate of drug-likeness (QED) is 0.267. The average molecular weight is 428 g/mol. The van der Waals surface area contributed by atoms with Crippen molar-refractivity contribution in [2.75, 3.05) is 5.32 Å². The van der Waals surface area contributed by atoms with Crippen molar-refractivity contribution in [1.82, 2.24) is 9.13 Å². The monoisotopic (exact) mass is 427 g/mol. The minimum atomic E-state index is 0.754. The molecule has 0 spiro atoms. The highest BCUT2D eigenvalue weighted by Gasteiger charge is 2.16. The number of allylic oxidation sites excluding steroid dienone is 2. The van der Waals surface area contributed by atoms with Crippen molar-refractivity contribution in [2.45, 2.75) is 13.1 Å². The van der Waals surface area contributed by atoms with E-state index in [0.29, 0.717) is 0 Å². The molecule has 0 saturated heterocycles. The van der Waals surface area contributed by atoms with Crippen LogP contribution < -0.4 is 5.32 Å². The van der Waals surface area contributed by atoms with Crippen molar-refractivity contribution >= 4 is 55.0 Å². The van der Waals surface area contributed by atoms with Crippen LogP contribution in [0.5, 0.6) is 0 Å². The van der Waals surface area contributed by atoms with E-state index in [-0.39, 0.29) is 0 Å². The van der Waals surface area contributed by atoms with Gasteiger partial charge >= 0.3 is 0 Å². The van der Waals surface area contributed by atoms with E-state index in [9.17, 15) is 0 Å². The summed E-state index contributed by atoms with van der Waals surface area (Å²) in [4.78, 5) is 0. The lowest BCUT2D eigenvalue weighted by Crippen LogP contribution is -2.01. The highest BCUT2D eigenvalue weighted by Crippen LogP contribution is 2.38. The van der Waals surface area contributed by atoms with Gasteiger partial charge in [0, 0.05) is 45.7 Å². The van der Waals surface area contributed by atoms with Gasteiger partial charge in [-0.05, 0) is 24.3 Å². The Labute approximate surface area is 192 Å². The molecule has 0 unspecified atom stereocenters. The number of hydrogen-bond acceptors (Lipinski definition) is 1. The molecule has 3 heteroatoms. The third-order valence-electron chi connectivity index (χ3n) is 6.47. The summed E-state index contributed by atoms with van der Waals surface area (Å²) >= 11 is 0. The van der Waals surface area contributed by atoms with Crippen LogP contribution in [0.4, 0.5) is 11.4 Å². The lowest BCUT2D eigenvalue weighted by Gasteiger charge is -2.14. The van der Waals surface area contributed by atoms with Gasteiger partial charge < -0.3 is 14.5 Å². The van der Waals surface area contributed by atoms with Gasteiger partial charge in [0.2, 0.25) is 0 Å². The van der Waals surface area contributed by atoms with Crippen molar-refractivity contribution < 1.29 is 0 Å². The van der Waals surface area contributed by atoms with Crippen LogP contribution in [0.3, 0.4) is 0 Å². The van der Waals surface area contributed by atoms with E-state index in [1.165, 1.54) is 43.6 Å². The number of rotatable bonds is 6. The average Bonchev–Trinajstić information content (AvgIpc) is 3.35. The zero-order valence-electron chi connectivity index (χ0n) is 18.5. The highest BCUT2D eigenvalue weighted by atomic mass is 15.0. The van der Waals surface area contributed by atoms with Gasteiger partial charge in [0.1, 0.15) is 0 Å². The molecule has 4 aromatic carbocycles. The number of aromatic nitrogens is 2. The summed E-state index contributed by atoms with van der Waals surface area (Å²) in [7, 11) is 0. The van der Waals surface area contributed by atoms with E-state index in [1.807, 2.05) is 12.2 Å². The number of anilines is 2. The molecule has 0 aliphatic carbocycles. The smallest absolute Gasteiger partial charge is 0.0733 e. The Bertz CT molecular complexity index is 1550. The zero-order chi connectivity index (χ0) is 22.4. The first-order chi connectivity index (χ1) is 16.3. The molecule has 6 rings (SSSR count). The molecule has 0 aliphatic heterocycles. The van der Waals surface area contributed by atoms with E-state index in [0.717, 1.165) is 24.5 Å². The lowest BCUT2D eigenvalue weighted by atomic mass is 10.1. The summed E-state index contributed by atoms with van der Waals surface area (Å²) in [5, 5.41) is 8.81. The maximum atomic E-state index is 4.01. The first-order valence-corrected chi connectivity index (χ1v) is 11.3. The molecule has 0 aliphatic rings. The first kappa shape index (κ1) is 19.4. The Hall–Kier alpha value is -4.24. The SMILES string of the molecule is C=CCn1c2ccccc2c2cccc(Nc3cccc4c5ccccc5n(CC=C)c34)c21. The molecule has 0 amide bonds. The minimum Gasteiger partial charge on any atom is -0.352 e. The second-order valence-electron chi connectivity index (χ2n) is 8.36. The topological polar surface area (TPSA) is 21.9 Å². The molecule has 3 nitrogen and oxygen atoms in total. The summed E-state index contributed by atoms with van der Waals surface area (Å²) < 4.78 is 4.69. The molecule has 0 bridgehead atoms. The Morgan fingerprint density at radius 2 is 0.970 bits per heavy atom. The van der Waals surface area contributed by atoms with Gasteiger partial charge in [-0.15, -0.1) is 13.2 Å². The zero-order valence-corrected chi connectivity index (χ0v) is 18.5. The Balaban J connectivity index is 1.63.